The predicted octanol–water partition coefficient (Wildman–Crippen LogP) is 3.05. The van der Waals surface area contributed by atoms with Crippen molar-refractivity contribution in [2.24, 2.45) is 5.92 Å². The maximum Gasteiger partial charge on any atom is 0.325 e. The van der Waals surface area contributed by atoms with Crippen molar-refractivity contribution in [3.8, 4) is 5.69 Å². The van der Waals surface area contributed by atoms with Gasteiger partial charge in [0, 0.05) is 18.3 Å². The first-order valence-corrected chi connectivity index (χ1v) is 9.11. The zero-order valence-corrected chi connectivity index (χ0v) is 15.6. The van der Waals surface area contributed by atoms with Crippen LogP contribution in [0.1, 0.15) is 30.1 Å². The van der Waals surface area contributed by atoms with Gasteiger partial charge in [-0.3, -0.25) is 9.59 Å². The maximum atomic E-state index is 12.8. The summed E-state index contributed by atoms with van der Waals surface area (Å²) in [5.41, 5.74) is 1.42. The molecule has 1 aliphatic rings. The van der Waals surface area contributed by atoms with E-state index in [4.69, 9.17) is 4.74 Å². The molecule has 7 heteroatoms. The molecule has 0 saturated heterocycles. The molecule has 25 heavy (non-hydrogen) atoms. The van der Waals surface area contributed by atoms with Crippen LogP contribution < -0.4 is 0 Å². The van der Waals surface area contributed by atoms with Crippen LogP contribution in [0, 0.1) is 5.92 Å². The molecule has 1 heterocycles. The molecule has 0 unspecified atom stereocenters. The number of hydrogen-bond donors (Lipinski definition) is 0. The SMILES string of the molecule is CCOC(=O)CN(CC1CC1)C(=O)c1ccc(-n2cc(Br)cn2)cc1. The summed E-state index contributed by atoms with van der Waals surface area (Å²) >= 11 is 3.36. The van der Waals surface area contributed by atoms with Crippen LogP contribution in [0.5, 0.6) is 0 Å². The van der Waals surface area contributed by atoms with Crippen LogP contribution in [0.4, 0.5) is 0 Å². The second-order valence-corrected chi connectivity index (χ2v) is 7.00. The van der Waals surface area contributed by atoms with Gasteiger partial charge in [0.15, 0.2) is 0 Å². The van der Waals surface area contributed by atoms with Crippen LogP contribution in [0.25, 0.3) is 5.69 Å². The van der Waals surface area contributed by atoms with E-state index in [1.807, 2.05) is 18.3 Å². The monoisotopic (exact) mass is 405 g/mol. The number of carbonyl (C=O) groups is 2. The first kappa shape index (κ1) is 17.7. The Morgan fingerprint density at radius 1 is 1.32 bits per heavy atom. The summed E-state index contributed by atoms with van der Waals surface area (Å²) in [5.74, 6) is -0.0123. The molecule has 0 N–H and O–H groups in total. The lowest BCUT2D eigenvalue weighted by Crippen LogP contribution is -2.38. The lowest BCUT2D eigenvalue weighted by Gasteiger charge is -2.21. The summed E-state index contributed by atoms with van der Waals surface area (Å²) in [7, 11) is 0. The molecule has 0 radical (unpaired) electrons. The fourth-order valence-corrected chi connectivity index (χ4v) is 2.86. The van der Waals surface area contributed by atoms with Crippen LogP contribution in [0.2, 0.25) is 0 Å². The van der Waals surface area contributed by atoms with E-state index in [2.05, 4.69) is 21.0 Å². The van der Waals surface area contributed by atoms with Crippen LogP contribution in [0.15, 0.2) is 41.1 Å². The zero-order valence-electron chi connectivity index (χ0n) is 14.0. The molecule has 1 aromatic heterocycles. The van der Waals surface area contributed by atoms with Gasteiger partial charge in [0.05, 0.1) is 23.0 Å². The molecule has 0 atom stereocenters. The Hall–Kier alpha value is -2.15. The topological polar surface area (TPSA) is 64.4 Å². The lowest BCUT2D eigenvalue weighted by molar-refractivity contribution is -0.143. The van der Waals surface area contributed by atoms with Crippen molar-refractivity contribution in [3.63, 3.8) is 0 Å². The number of esters is 1. The number of amides is 1. The fraction of sp³-hybridized carbons (Fsp3) is 0.389. The Morgan fingerprint density at radius 3 is 2.60 bits per heavy atom. The van der Waals surface area contributed by atoms with Gasteiger partial charge in [-0.05, 0) is 65.9 Å². The summed E-state index contributed by atoms with van der Waals surface area (Å²) in [6, 6.07) is 7.20. The molecule has 1 aromatic carbocycles. The summed E-state index contributed by atoms with van der Waals surface area (Å²) in [6.45, 7) is 2.68. The van der Waals surface area contributed by atoms with Crippen molar-refractivity contribution in [1.29, 1.82) is 0 Å². The summed E-state index contributed by atoms with van der Waals surface area (Å²) in [5, 5.41) is 4.22. The van der Waals surface area contributed by atoms with E-state index >= 15 is 0 Å². The molecule has 0 spiro atoms. The standard InChI is InChI=1S/C18H20BrN3O3/c1-2-25-17(23)12-21(10-13-3-4-13)18(24)14-5-7-16(8-6-14)22-11-15(19)9-20-22/h5-9,11,13H,2-4,10,12H2,1H3. The van der Waals surface area contributed by atoms with Gasteiger partial charge in [0.1, 0.15) is 6.54 Å². The van der Waals surface area contributed by atoms with Crippen LogP contribution >= 0.6 is 15.9 Å². The van der Waals surface area contributed by atoms with Gasteiger partial charge in [-0.2, -0.15) is 5.10 Å². The van der Waals surface area contributed by atoms with Gasteiger partial charge in [-0.1, -0.05) is 0 Å². The molecule has 3 rings (SSSR count). The lowest BCUT2D eigenvalue weighted by atomic mass is 10.1. The summed E-state index contributed by atoms with van der Waals surface area (Å²) in [4.78, 5) is 26.2. The number of halogens is 1. The minimum atomic E-state index is -0.366. The molecular formula is C18H20BrN3O3. The zero-order chi connectivity index (χ0) is 17.8. The second kappa shape index (κ2) is 7.82. The predicted molar refractivity (Wildman–Crippen MR) is 96.5 cm³/mol. The number of rotatable bonds is 7. The van der Waals surface area contributed by atoms with Crippen LogP contribution in [-0.4, -0.2) is 46.3 Å². The largest absolute Gasteiger partial charge is 0.465 e. The molecule has 1 saturated carbocycles. The molecule has 132 valence electrons. The average molecular weight is 406 g/mol. The Bertz CT molecular complexity index is 753. The minimum Gasteiger partial charge on any atom is -0.465 e. The molecule has 2 aromatic rings. The third kappa shape index (κ3) is 4.69. The maximum absolute atomic E-state index is 12.8. The number of carbonyl (C=O) groups excluding carboxylic acids is 2. The highest BCUT2D eigenvalue weighted by molar-refractivity contribution is 9.10. The highest BCUT2D eigenvalue weighted by Gasteiger charge is 2.28. The van der Waals surface area contributed by atoms with Gasteiger partial charge in [0.2, 0.25) is 0 Å². The van der Waals surface area contributed by atoms with Crippen molar-refractivity contribution < 1.29 is 14.3 Å². The quantitative estimate of drug-likeness (QED) is 0.664. The van der Waals surface area contributed by atoms with Gasteiger partial charge in [-0.15, -0.1) is 0 Å². The first-order valence-electron chi connectivity index (χ1n) is 8.32. The normalized spacial score (nSPS) is 13.5. The Balaban J connectivity index is 1.72. The third-order valence-electron chi connectivity index (χ3n) is 4.02. The third-order valence-corrected chi connectivity index (χ3v) is 4.43. The average Bonchev–Trinajstić information content (AvgIpc) is 3.32. The van der Waals surface area contributed by atoms with Crippen molar-refractivity contribution in [2.75, 3.05) is 19.7 Å². The van der Waals surface area contributed by atoms with E-state index < -0.39 is 0 Å². The minimum absolute atomic E-state index is 0.00295. The molecule has 1 amide bonds. The van der Waals surface area contributed by atoms with Crippen molar-refractivity contribution in [3.05, 3.63) is 46.7 Å². The van der Waals surface area contributed by atoms with E-state index in [1.165, 1.54) is 0 Å². The van der Waals surface area contributed by atoms with Gasteiger partial charge in [-0.25, -0.2) is 4.68 Å². The van der Waals surface area contributed by atoms with Crippen molar-refractivity contribution >= 4 is 27.8 Å². The van der Waals surface area contributed by atoms with Gasteiger partial charge >= 0.3 is 5.97 Å². The molecule has 0 aliphatic heterocycles. The molecular weight excluding hydrogens is 386 g/mol. The molecule has 1 fully saturated rings. The molecule has 0 bridgehead atoms. The number of nitrogens with zero attached hydrogens (tertiary/aromatic N) is 3. The Labute approximate surface area is 154 Å². The molecule has 6 nitrogen and oxygen atoms in total. The Morgan fingerprint density at radius 2 is 2.04 bits per heavy atom. The summed E-state index contributed by atoms with van der Waals surface area (Å²) < 4.78 is 7.60. The van der Waals surface area contributed by atoms with Crippen LogP contribution in [-0.2, 0) is 9.53 Å². The van der Waals surface area contributed by atoms with Crippen molar-refractivity contribution in [2.45, 2.75) is 19.8 Å². The first-order chi connectivity index (χ1) is 12.1. The van der Waals surface area contributed by atoms with Crippen LogP contribution in [0.3, 0.4) is 0 Å². The van der Waals surface area contributed by atoms with Gasteiger partial charge in [0.25, 0.3) is 5.91 Å². The highest BCUT2D eigenvalue weighted by atomic mass is 79.9. The smallest absolute Gasteiger partial charge is 0.325 e. The van der Waals surface area contributed by atoms with E-state index in [9.17, 15) is 9.59 Å². The van der Waals surface area contributed by atoms with E-state index in [1.54, 1.807) is 34.8 Å². The number of hydrogen-bond acceptors (Lipinski definition) is 4. The van der Waals surface area contributed by atoms with E-state index in [0.29, 0.717) is 24.6 Å². The molecule has 1 aliphatic carbocycles. The van der Waals surface area contributed by atoms with E-state index in [0.717, 1.165) is 23.0 Å². The van der Waals surface area contributed by atoms with E-state index in [-0.39, 0.29) is 18.4 Å². The highest BCUT2D eigenvalue weighted by Crippen LogP contribution is 2.30. The van der Waals surface area contributed by atoms with Crippen molar-refractivity contribution in [1.82, 2.24) is 14.7 Å². The number of aromatic nitrogens is 2. The second-order valence-electron chi connectivity index (χ2n) is 6.08. The Kier molecular flexibility index (Phi) is 5.53. The fourth-order valence-electron chi connectivity index (χ4n) is 2.58. The summed E-state index contributed by atoms with van der Waals surface area (Å²) in [6.07, 6.45) is 5.77. The number of benzene rings is 1. The number of ether oxygens (including phenoxy) is 1. The van der Waals surface area contributed by atoms with Gasteiger partial charge < -0.3 is 9.64 Å².